The molecule has 0 saturated carbocycles. The monoisotopic (exact) mass is 381 g/mol. The fourth-order valence-corrected chi connectivity index (χ4v) is 3.74. The highest BCUT2D eigenvalue weighted by Crippen LogP contribution is 2.25. The first-order valence-electron chi connectivity index (χ1n) is 8.21. The largest absolute Gasteiger partial charge is 0.352 e. The van der Waals surface area contributed by atoms with Crippen molar-refractivity contribution in [3.05, 3.63) is 82.5 Å². The normalized spacial score (nSPS) is 11.0. The predicted octanol–water partition coefficient (Wildman–Crippen LogP) is 4.58. The van der Waals surface area contributed by atoms with Crippen LogP contribution >= 0.6 is 22.9 Å². The topological polar surface area (TPSA) is 46.4 Å². The summed E-state index contributed by atoms with van der Waals surface area (Å²) < 4.78 is 1.98. The Balaban J connectivity index is 1.48. The van der Waals surface area contributed by atoms with Gasteiger partial charge in [-0.05, 0) is 17.7 Å². The summed E-state index contributed by atoms with van der Waals surface area (Å²) in [6.45, 7) is 0.535. The number of fused-ring (bicyclic) bond motifs is 1. The minimum absolute atomic E-state index is 0.00436. The van der Waals surface area contributed by atoms with Gasteiger partial charge >= 0.3 is 0 Å². The summed E-state index contributed by atoms with van der Waals surface area (Å²) in [5, 5.41) is 5.65. The second-order valence-corrected chi connectivity index (χ2v) is 7.22. The molecule has 0 bridgehead atoms. The van der Waals surface area contributed by atoms with E-state index >= 15 is 0 Å². The van der Waals surface area contributed by atoms with Crippen LogP contribution in [0.2, 0.25) is 5.02 Å². The maximum Gasteiger partial charge on any atom is 0.226 e. The molecule has 2 aromatic carbocycles. The predicted molar refractivity (Wildman–Crippen MR) is 106 cm³/mol. The third-order valence-corrected chi connectivity index (χ3v) is 5.24. The summed E-state index contributed by atoms with van der Waals surface area (Å²) in [6.07, 6.45) is 2.29. The lowest BCUT2D eigenvalue weighted by Gasteiger charge is -2.05. The van der Waals surface area contributed by atoms with Crippen LogP contribution in [0.5, 0.6) is 0 Å². The molecular weight excluding hydrogens is 366 g/mol. The number of rotatable bonds is 5. The van der Waals surface area contributed by atoms with Crippen LogP contribution < -0.4 is 5.32 Å². The van der Waals surface area contributed by atoms with Gasteiger partial charge in [-0.15, -0.1) is 11.3 Å². The lowest BCUT2D eigenvalue weighted by molar-refractivity contribution is -0.120. The fourth-order valence-electron chi connectivity index (χ4n) is 2.74. The highest BCUT2D eigenvalue weighted by atomic mass is 35.5. The van der Waals surface area contributed by atoms with Crippen LogP contribution in [0.1, 0.15) is 11.3 Å². The number of halogens is 1. The molecule has 0 saturated heterocycles. The van der Waals surface area contributed by atoms with Crippen molar-refractivity contribution in [3.8, 4) is 11.3 Å². The number of hydrogen-bond donors (Lipinski definition) is 1. The summed E-state index contributed by atoms with van der Waals surface area (Å²) in [4.78, 5) is 17.8. The number of thiazole rings is 1. The number of benzene rings is 2. The molecule has 26 heavy (non-hydrogen) atoms. The lowest BCUT2D eigenvalue weighted by atomic mass is 10.2. The number of imidazole rings is 1. The van der Waals surface area contributed by atoms with E-state index in [4.69, 9.17) is 11.6 Å². The van der Waals surface area contributed by atoms with Gasteiger partial charge in [0.15, 0.2) is 4.96 Å². The third-order valence-electron chi connectivity index (χ3n) is 4.10. The zero-order valence-corrected chi connectivity index (χ0v) is 15.4. The zero-order chi connectivity index (χ0) is 17.9. The highest BCUT2D eigenvalue weighted by molar-refractivity contribution is 7.15. The number of amides is 1. The van der Waals surface area contributed by atoms with Crippen molar-refractivity contribution in [3.63, 3.8) is 0 Å². The third kappa shape index (κ3) is 3.64. The van der Waals surface area contributed by atoms with Crippen molar-refractivity contribution in [2.75, 3.05) is 0 Å². The first-order valence-corrected chi connectivity index (χ1v) is 9.47. The Hall–Kier alpha value is -2.63. The molecule has 0 aliphatic rings. The number of nitrogens with zero attached hydrogens (tertiary/aromatic N) is 2. The lowest BCUT2D eigenvalue weighted by Crippen LogP contribution is -2.24. The summed E-state index contributed by atoms with van der Waals surface area (Å²) in [7, 11) is 0. The van der Waals surface area contributed by atoms with Gasteiger partial charge in [0.05, 0.1) is 12.1 Å². The molecule has 0 unspecified atom stereocenters. The molecule has 2 heterocycles. The van der Waals surface area contributed by atoms with Gasteiger partial charge in [-0.2, -0.15) is 0 Å². The molecule has 0 fully saturated rings. The number of hydrogen-bond acceptors (Lipinski definition) is 3. The van der Waals surface area contributed by atoms with Crippen LogP contribution in [0.15, 0.2) is 66.2 Å². The molecule has 1 N–H and O–H groups in total. The van der Waals surface area contributed by atoms with Crippen molar-refractivity contribution in [1.29, 1.82) is 0 Å². The molecule has 0 atom stereocenters. The smallest absolute Gasteiger partial charge is 0.226 e. The second-order valence-electron chi connectivity index (χ2n) is 5.95. The molecule has 0 radical (unpaired) electrons. The van der Waals surface area contributed by atoms with Crippen LogP contribution in [-0.4, -0.2) is 15.3 Å². The molecule has 0 aliphatic carbocycles. The Kier molecular flexibility index (Phi) is 4.73. The molecule has 0 aliphatic heterocycles. The standard InChI is InChI=1S/C20H16ClN3OS/c21-16-8-6-15(7-9-16)18-12-24-17(13-26-20(24)23-18)10-19(25)22-11-14-4-2-1-3-5-14/h1-9,12-13H,10-11H2,(H,22,25). The highest BCUT2D eigenvalue weighted by Gasteiger charge is 2.12. The maximum absolute atomic E-state index is 12.3. The number of carbonyl (C=O) groups is 1. The van der Waals surface area contributed by atoms with E-state index < -0.39 is 0 Å². The van der Waals surface area contributed by atoms with Crippen LogP contribution in [0, 0.1) is 0 Å². The summed E-state index contributed by atoms with van der Waals surface area (Å²) in [6, 6.07) is 17.5. The van der Waals surface area contributed by atoms with E-state index in [2.05, 4.69) is 10.3 Å². The van der Waals surface area contributed by atoms with E-state index in [-0.39, 0.29) is 5.91 Å². The van der Waals surface area contributed by atoms with E-state index in [0.29, 0.717) is 18.0 Å². The molecular formula is C20H16ClN3OS. The molecule has 0 spiro atoms. The summed E-state index contributed by atoms with van der Waals surface area (Å²) >= 11 is 7.48. The first kappa shape index (κ1) is 16.8. The summed E-state index contributed by atoms with van der Waals surface area (Å²) in [5.74, 6) is -0.00436. The molecule has 2 aromatic heterocycles. The van der Waals surface area contributed by atoms with E-state index in [1.807, 2.05) is 70.6 Å². The van der Waals surface area contributed by atoms with E-state index in [1.54, 1.807) is 0 Å². The van der Waals surface area contributed by atoms with Gasteiger partial charge < -0.3 is 5.32 Å². The minimum Gasteiger partial charge on any atom is -0.352 e. The maximum atomic E-state index is 12.3. The quantitative estimate of drug-likeness (QED) is 0.550. The molecule has 4 rings (SSSR count). The number of nitrogens with one attached hydrogen (secondary N) is 1. The number of aromatic nitrogens is 2. The van der Waals surface area contributed by atoms with E-state index in [9.17, 15) is 4.79 Å². The van der Waals surface area contributed by atoms with Gasteiger partial charge in [0.2, 0.25) is 5.91 Å². The molecule has 130 valence electrons. The SMILES string of the molecule is O=C(Cc1csc2nc(-c3ccc(Cl)cc3)cn12)NCc1ccccc1. The Bertz CT molecular complexity index is 1040. The van der Waals surface area contributed by atoms with Crippen molar-refractivity contribution >= 4 is 33.8 Å². The van der Waals surface area contributed by atoms with E-state index in [1.165, 1.54) is 11.3 Å². The van der Waals surface area contributed by atoms with Gasteiger partial charge in [-0.1, -0.05) is 54.1 Å². The molecule has 4 aromatic rings. The van der Waals surface area contributed by atoms with Gasteiger partial charge in [-0.3, -0.25) is 9.20 Å². The fraction of sp³-hybridized carbons (Fsp3) is 0.100. The van der Waals surface area contributed by atoms with Crippen molar-refractivity contribution in [2.45, 2.75) is 13.0 Å². The average Bonchev–Trinajstić information content (AvgIpc) is 3.24. The Labute approximate surface area is 160 Å². The Morgan fingerprint density at radius 1 is 1.12 bits per heavy atom. The Morgan fingerprint density at radius 3 is 2.65 bits per heavy atom. The molecule has 1 amide bonds. The van der Waals surface area contributed by atoms with Crippen molar-refractivity contribution < 1.29 is 4.79 Å². The van der Waals surface area contributed by atoms with Crippen LogP contribution in [0.25, 0.3) is 16.2 Å². The van der Waals surface area contributed by atoms with Crippen LogP contribution in [0.3, 0.4) is 0 Å². The zero-order valence-electron chi connectivity index (χ0n) is 13.9. The van der Waals surface area contributed by atoms with Crippen molar-refractivity contribution in [1.82, 2.24) is 14.7 Å². The molecule has 4 nitrogen and oxygen atoms in total. The van der Waals surface area contributed by atoms with Crippen LogP contribution in [0.4, 0.5) is 0 Å². The minimum atomic E-state index is -0.00436. The second kappa shape index (κ2) is 7.32. The van der Waals surface area contributed by atoms with E-state index in [0.717, 1.165) is 27.5 Å². The Morgan fingerprint density at radius 2 is 1.88 bits per heavy atom. The van der Waals surface area contributed by atoms with Gasteiger partial charge in [-0.25, -0.2) is 4.98 Å². The van der Waals surface area contributed by atoms with Gasteiger partial charge in [0, 0.05) is 34.4 Å². The number of carbonyl (C=O) groups excluding carboxylic acids is 1. The summed E-state index contributed by atoms with van der Waals surface area (Å²) in [5.41, 5.74) is 3.90. The van der Waals surface area contributed by atoms with Gasteiger partial charge in [0.25, 0.3) is 0 Å². The van der Waals surface area contributed by atoms with Crippen LogP contribution in [-0.2, 0) is 17.8 Å². The first-order chi connectivity index (χ1) is 12.7. The van der Waals surface area contributed by atoms with Crippen molar-refractivity contribution in [2.24, 2.45) is 0 Å². The average molecular weight is 382 g/mol. The molecule has 6 heteroatoms. The van der Waals surface area contributed by atoms with Gasteiger partial charge in [0.1, 0.15) is 0 Å².